The van der Waals surface area contributed by atoms with Crippen molar-refractivity contribution < 1.29 is 14.3 Å². The lowest BCUT2D eigenvalue weighted by Gasteiger charge is -2.19. The van der Waals surface area contributed by atoms with Crippen LogP contribution in [0.3, 0.4) is 0 Å². The van der Waals surface area contributed by atoms with Crippen LogP contribution in [-0.2, 0) is 10.2 Å². The molecule has 0 radical (unpaired) electrons. The number of hydrogen-bond donors (Lipinski definition) is 1. The zero-order valence-corrected chi connectivity index (χ0v) is 21.4. The van der Waals surface area contributed by atoms with Gasteiger partial charge in [-0.2, -0.15) is 5.10 Å². The maximum Gasteiger partial charge on any atom is 0.259 e. The van der Waals surface area contributed by atoms with Crippen LogP contribution in [0.2, 0.25) is 0 Å². The standard InChI is InChI=1S/C28H36N4O3/c1-6-31(7-2)27(34)24-20-29-32(22-12-9-8-10-13-22)26(24)30-25(33)14-11-19-35-23-17-15-21(16-18-23)28(3,4)5/h8-10,12-13,15-18,20H,6-7,11,14,19H2,1-5H3,(H,30,33). The first-order valence-corrected chi connectivity index (χ1v) is 12.2. The van der Waals surface area contributed by atoms with E-state index < -0.39 is 0 Å². The average Bonchev–Trinajstić information content (AvgIpc) is 3.26. The fraction of sp³-hybridized carbons (Fsp3) is 0.393. The molecule has 2 aromatic carbocycles. The Morgan fingerprint density at radius 1 is 1.00 bits per heavy atom. The van der Waals surface area contributed by atoms with Crippen LogP contribution in [-0.4, -0.2) is 46.2 Å². The van der Waals surface area contributed by atoms with Crippen LogP contribution in [0.4, 0.5) is 5.82 Å². The number of benzene rings is 2. The van der Waals surface area contributed by atoms with Crippen LogP contribution in [0.15, 0.2) is 60.8 Å². The summed E-state index contributed by atoms with van der Waals surface area (Å²) in [5.74, 6) is 0.821. The first-order chi connectivity index (χ1) is 16.7. The molecule has 0 aliphatic heterocycles. The van der Waals surface area contributed by atoms with Gasteiger partial charge in [-0.05, 0) is 55.5 Å². The quantitative estimate of drug-likeness (QED) is 0.395. The molecule has 0 aliphatic carbocycles. The highest BCUT2D eigenvalue weighted by atomic mass is 16.5. The van der Waals surface area contributed by atoms with Gasteiger partial charge in [0, 0.05) is 19.5 Å². The van der Waals surface area contributed by atoms with E-state index in [9.17, 15) is 9.59 Å². The summed E-state index contributed by atoms with van der Waals surface area (Å²) in [5.41, 5.74) is 2.48. The monoisotopic (exact) mass is 476 g/mol. The molecular weight excluding hydrogens is 440 g/mol. The SMILES string of the molecule is CCN(CC)C(=O)c1cnn(-c2ccccc2)c1NC(=O)CCCOc1ccc(C(C)(C)C)cc1. The minimum absolute atomic E-state index is 0.0917. The van der Waals surface area contributed by atoms with Crippen LogP contribution >= 0.6 is 0 Å². The van der Waals surface area contributed by atoms with Gasteiger partial charge in [-0.15, -0.1) is 0 Å². The largest absolute Gasteiger partial charge is 0.494 e. The van der Waals surface area contributed by atoms with Gasteiger partial charge in [0.1, 0.15) is 17.1 Å². The summed E-state index contributed by atoms with van der Waals surface area (Å²) >= 11 is 0. The van der Waals surface area contributed by atoms with Gasteiger partial charge >= 0.3 is 0 Å². The first-order valence-electron chi connectivity index (χ1n) is 12.2. The molecule has 3 rings (SSSR count). The van der Waals surface area contributed by atoms with E-state index in [1.807, 2.05) is 56.3 Å². The number of nitrogens with zero attached hydrogens (tertiary/aromatic N) is 3. The highest BCUT2D eigenvalue weighted by molar-refractivity contribution is 6.03. The second-order valence-electron chi connectivity index (χ2n) is 9.41. The summed E-state index contributed by atoms with van der Waals surface area (Å²) in [7, 11) is 0. The van der Waals surface area contributed by atoms with Gasteiger partial charge < -0.3 is 15.0 Å². The van der Waals surface area contributed by atoms with Crippen molar-refractivity contribution in [3.05, 3.63) is 71.9 Å². The molecule has 0 fully saturated rings. The van der Waals surface area contributed by atoms with E-state index >= 15 is 0 Å². The van der Waals surface area contributed by atoms with Gasteiger partial charge in [0.2, 0.25) is 5.91 Å². The van der Waals surface area contributed by atoms with Crippen molar-refractivity contribution in [3.63, 3.8) is 0 Å². The number of carbonyl (C=O) groups excluding carboxylic acids is 2. The fourth-order valence-electron chi connectivity index (χ4n) is 3.74. The van der Waals surface area contributed by atoms with Crippen LogP contribution in [0.25, 0.3) is 5.69 Å². The molecule has 0 saturated heterocycles. The van der Waals surface area contributed by atoms with Crippen molar-refractivity contribution in [2.24, 2.45) is 0 Å². The molecule has 0 atom stereocenters. The van der Waals surface area contributed by atoms with Gasteiger partial charge in [0.05, 0.1) is 18.5 Å². The van der Waals surface area contributed by atoms with Gasteiger partial charge in [-0.25, -0.2) is 4.68 Å². The molecule has 35 heavy (non-hydrogen) atoms. The molecule has 1 aromatic heterocycles. The van der Waals surface area contributed by atoms with Crippen LogP contribution in [0, 0.1) is 0 Å². The van der Waals surface area contributed by atoms with Crippen molar-refractivity contribution in [1.82, 2.24) is 14.7 Å². The fourth-order valence-corrected chi connectivity index (χ4v) is 3.74. The lowest BCUT2D eigenvalue weighted by atomic mass is 9.87. The number of hydrogen-bond acceptors (Lipinski definition) is 4. The summed E-state index contributed by atoms with van der Waals surface area (Å²) in [6.45, 7) is 12.0. The molecule has 0 saturated carbocycles. The average molecular weight is 477 g/mol. The predicted molar refractivity (Wildman–Crippen MR) is 139 cm³/mol. The third kappa shape index (κ3) is 6.72. The highest BCUT2D eigenvalue weighted by Gasteiger charge is 2.23. The van der Waals surface area contributed by atoms with Gasteiger partial charge in [-0.3, -0.25) is 9.59 Å². The molecule has 3 aromatic rings. The van der Waals surface area contributed by atoms with Crippen LogP contribution in [0.1, 0.15) is 63.4 Å². The Balaban J connectivity index is 1.65. The molecule has 0 aliphatic rings. The van der Waals surface area contributed by atoms with Crippen molar-refractivity contribution >= 4 is 17.6 Å². The van der Waals surface area contributed by atoms with E-state index in [1.165, 1.54) is 11.8 Å². The second-order valence-corrected chi connectivity index (χ2v) is 9.41. The number of ether oxygens (including phenoxy) is 1. The van der Waals surface area contributed by atoms with E-state index in [1.54, 1.807) is 9.58 Å². The Morgan fingerprint density at radius 3 is 2.26 bits per heavy atom. The molecule has 2 amide bonds. The molecule has 1 heterocycles. The Bertz CT molecular complexity index is 1110. The number of anilines is 1. The normalized spacial score (nSPS) is 11.2. The zero-order chi connectivity index (χ0) is 25.4. The van der Waals surface area contributed by atoms with Gasteiger partial charge in [-0.1, -0.05) is 51.1 Å². The van der Waals surface area contributed by atoms with Crippen molar-refractivity contribution in [1.29, 1.82) is 0 Å². The maximum absolute atomic E-state index is 13.1. The maximum atomic E-state index is 13.1. The highest BCUT2D eigenvalue weighted by Crippen LogP contribution is 2.25. The zero-order valence-electron chi connectivity index (χ0n) is 21.4. The molecule has 1 N–H and O–H groups in total. The van der Waals surface area contributed by atoms with Gasteiger partial charge in [0.15, 0.2) is 0 Å². The first kappa shape index (κ1) is 26.0. The summed E-state index contributed by atoms with van der Waals surface area (Å²) < 4.78 is 7.42. The molecule has 7 nitrogen and oxygen atoms in total. The summed E-state index contributed by atoms with van der Waals surface area (Å²) in [4.78, 5) is 27.6. The lowest BCUT2D eigenvalue weighted by Crippen LogP contribution is -2.31. The van der Waals surface area contributed by atoms with Crippen LogP contribution in [0.5, 0.6) is 5.75 Å². The molecule has 7 heteroatoms. The second kappa shape index (κ2) is 11.7. The Morgan fingerprint density at radius 2 is 1.66 bits per heavy atom. The molecule has 0 bridgehead atoms. The van der Waals surface area contributed by atoms with E-state index in [0.717, 1.165) is 11.4 Å². The number of para-hydroxylation sites is 1. The topological polar surface area (TPSA) is 76.5 Å². The summed E-state index contributed by atoms with van der Waals surface area (Å²) in [6, 6.07) is 17.5. The van der Waals surface area contributed by atoms with E-state index in [-0.39, 0.29) is 23.7 Å². The predicted octanol–water partition coefficient (Wildman–Crippen LogP) is 5.45. The summed E-state index contributed by atoms with van der Waals surface area (Å²) in [6.07, 6.45) is 2.33. The lowest BCUT2D eigenvalue weighted by molar-refractivity contribution is -0.116. The van der Waals surface area contributed by atoms with E-state index in [4.69, 9.17) is 4.74 Å². The Kier molecular flexibility index (Phi) is 8.68. The molecular formula is C28H36N4O3. The van der Waals surface area contributed by atoms with Crippen molar-refractivity contribution in [2.75, 3.05) is 25.0 Å². The number of amides is 2. The van der Waals surface area contributed by atoms with E-state index in [0.29, 0.717) is 37.5 Å². The molecule has 186 valence electrons. The number of carbonyl (C=O) groups is 2. The Hall–Kier alpha value is -3.61. The summed E-state index contributed by atoms with van der Waals surface area (Å²) in [5, 5.41) is 7.32. The minimum Gasteiger partial charge on any atom is -0.494 e. The Labute approximate surface area is 208 Å². The van der Waals surface area contributed by atoms with Crippen molar-refractivity contribution in [3.8, 4) is 11.4 Å². The number of nitrogens with one attached hydrogen (secondary N) is 1. The molecule has 0 spiro atoms. The van der Waals surface area contributed by atoms with Crippen molar-refractivity contribution in [2.45, 2.75) is 52.9 Å². The van der Waals surface area contributed by atoms with E-state index in [2.05, 4.69) is 43.3 Å². The van der Waals surface area contributed by atoms with Crippen LogP contribution < -0.4 is 10.1 Å². The third-order valence-corrected chi connectivity index (χ3v) is 5.85. The third-order valence-electron chi connectivity index (χ3n) is 5.85. The molecule has 0 unspecified atom stereocenters. The number of aromatic nitrogens is 2. The minimum atomic E-state index is -0.192. The van der Waals surface area contributed by atoms with Gasteiger partial charge in [0.25, 0.3) is 5.91 Å². The number of rotatable bonds is 10. The smallest absolute Gasteiger partial charge is 0.259 e.